The molecule has 0 spiro atoms. The second kappa shape index (κ2) is 6.69. The minimum atomic E-state index is -0.996. The van der Waals surface area contributed by atoms with Crippen molar-refractivity contribution in [2.45, 2.75) is 18.7 Å². The molecular weight excluding hydrogens is 262 g/mol. The van der Waals surface area contributed by atoms with Gasteiger partial charge in [-0.15, -0.1) is 0 Å². The van der Waals surface area contributed by atoms with Crippen molar-refractivity contribution >= 4 is 5.97 Å². The van der Waals surface area contributed by atoms with Crippen LogP contribution in [-0.2, 0) is 16.1 Å². The molecule has 2 atom stereocenters. The van der Waals surface area contributed by atoms with E-state index in [1.165, 1.54) is 0 Å². The average Bonchev–Trinajstić information content (AvgIpc) is 2.84. The number of aliphatic hydroxyl groups excluding tert-OH is 1. The summed E-state index contributed by atoms with van der Waals surface area (Å²) >= 11 is 0. The average molecular weight is 281 g/mol. The molecule has 1 fully saturated rings. The smallest absolute Gasteiger partial charge is 0.341 e. The van der Waals surface area contributed by atoms with Crippen molar-refractivity contribution < 1.29 is 24.5 Å². The zero-order chi connectivity index (χ0) is 14.5. The fourth-order valence-electron chi connectivity index (χ4n) is 2.19. The highest BCUT2D eigenvalue weighted by Gasteiger charge is 2.29. The minimum Gasteiger partial charge on any atom is -0.482 e. The van der Waals surface area contributed by atoms with Crippen LogP contribution in [0.5, 0.6) is 5.75 Å². The second-order valence-corrected chi connectivity index (χ2v) is 4.91. The summed E-state index contributed by atoms with van der Waals surface area (Å²) in [6, 6.07) is 7.27. The van der Waals surface area contributed by atoms with Crippen molar-refractivity contribution in [1.82, 2.24) is 4.90 Å². The number of aliphatic hydroxyl groups is 1. The van der Waals surface area contributed by atoms with E-state index in [4.69, 9.17) is 14.6 Å². The summed E-state index contributed by atoms with van der Waals surface area (Å²) in [6.07, 6.45) is -0.446. The van der Waals surface area contributed by atoms with E-state index in [9.17, 15) is 9.90 Å². The Balaban J connectivity index is 1.88. The first-order valence-corrected chi connectivity index (χ1v) is 6.46. The SMILES string of the molecule is CN(Cc1ccc(OCC(=O)O)cc1)[C@H]1COC[C@@H]1O. The van der Waals surface area contributed by atoms with Crippen LogP contribution in [0.4, 0.5) is 0 Å². The lowest BCUT2D eigenvalue weighted by Gasteiger charge is -2.25. The fourth-order valence-corrected chi connectivity index (χ4v) is 2.19. The predicted molar refractivity (Wildman–Crippen MR) is 71.7 cm³/mol. The molecule has 1 aromatic rings. The van der Waals surface area contributed by atoms with Gasteiger partial charge in [0.1, 0.15) is 5.75 Å². The lowest BCUT2D eigenvalue weighted by molar-refractivity contribution is -0.139. The topological polar surface area (TPSA) is 79.2 Å². The van der Waals surface area contributed by atoms with Gasteiger partial charge in [-0.3, -0.25) is 4.90 Å². The number of carbonyl (C=O) groups is 1. The van der Waals surface area contributed by atoms with Crippen LogP contribution in [0.25, 0.3) is 0 Å². The van der Waals surface area contributed by atoms with Gasteiger partial charge in [0.25, 0.3) is 0 Å². The number of aliphatic carboxylic acids is 1. The van der Waals surface area contributed by atoms with Crippen molar-refractivity contribution in [1.29, 1.82) is 0 Å². The number of rotatable bonds is 6. The molecule has 0 aromatic heterocycles. The Morgan fingerprint density at radius 3 is 2.65 bits per heavy atom. The highest BCUT2D eigenvalue weighted by molar-refractivity contribution is 5.68. The highest BCUT2D eigenvalue weighted by atomic mass is 16.5. The number of hydrogen-bond donors (Lipinski definition) is 2. The van der Waals surface area contributed by atoms with E-state index in [2.05, 4.69) is 0 Å². The van der Waals surface area contributed by atoms with Crippen LogP contribution in [0.3, 0.4) is 0 Å². The zero-order valence-corrected chi connectivity index (χ0v) is 11.4. The Kier molecular flexibility index (Phi) is 4.94. The molecule has 6 heteroatoms. The molecule has 1 aliphatic rings. The monoisotopic (exact) mass is 281 g/mol. The van der Waals surface area contributed by atoms with Gasteiger partial charge in [0, 0.05) is 6.54 Å². The van der Waals surface area contributed by atoms with E-state index in [-0.39, 0.29) is 12.6 Å². The van der Waals surface area contributed by atoms with Gasteiger partial charge in [-0.1, -0.05) is 12.1 Å². The zero-order valence-electron chi connectivity index (χ0n) is 11.4. The van der Waals surface area contributed by atoms with Crippen LogP contribution in [0, 0.1) is 0 Å². The van der Waals surface area contributed by atoms with E-state index in [0.717, 1.165) is 5.56 Å². The third kappa shape index (κ3) is 3.93. The number of carboxylic acid groups (broad SMARTS) is 1. The number of benzene rings is 1. The molecule has 1 saturated heterocycles. The maximum absolute atomic E-state index is 10.4. The van der Waals surface area contributed by atoms with Gasteiger partial charge in [-0.25, -0.2) is 4.79 Å². The highest BCUT2D eigenvalue weighted by Crippen LogP contribution is 2.17. The summed E-state index contributed by atoms with van der Waals surface area (Å²) in [4.78, 5) is 12.4. The summed E-state index contributed by atoms with van der Waals surface area (Å²) in [7, 11) is 1.94. The van der Waals surface area contributed by atoms with Crippen LogP contribution in [0.15, 0.2) is 24.3 Å². The van der Waals surface area contributed by atoms with Crippen LogP contribution in [-0.4, -0.2) is 60.1 Å². The molecule has 110 valence electrons. The molecule has 0 bridgehead atoms. The fraction of sp³-hybridized carbons (Fsp3) is 0.500. The van der Waals surface area contributed by atoms with Crippen LogP contribution in [0.1, 0.15) is 5.56 Å². The van der Waals surface area contributed by atoms with Gasteiger partial charge in [-0.2, -0.15) is 0 Å². The predicted octanol–water partition coefficient (Wildman–Crippen LogP) is 0.342. The molecule has 1 heterocycles. The second-order valence-electron chi connectivity index (χ2n) is 4.91. The number of likely N-dealkylation sites (N-methyl/N-ethyl adjacent to an activating group) is 1. The minimum absolute atomic E-state index is 0.0120. The van der Waals surface area contributed by atoms with Gasteiger partial charge in [0.05, 0.1) is 25.4 Å². The van der Waals surface area contributed by atoms with E-state index >= 15 is 0 Å². The molecule has 0 amide bonds. The maximum Gasteiger partial charge on any atom is 0.341 e. The van der Waals surface area contributed by atoms with Gasteiger partial charge >= 0.3 is 5.97 Å². The molecule has 2 rings (SSSR count). The molecule has 1 aliphatic heterocycles. The van der Waals surface area contributed by atoms with Crippen molar-refractivity contribution in [3.8, 4) is 5.75 Å². The van der Waals surface area contributed by atoms with Gasteiger partial charge in [0.15, 0.2) is 6.61 Å². The lowest BCUT2D eigenvalue weighted by Crippen LogP contribution is -2.39. The molecule has 20 heavy (non-hydrogen) atoms. The maximum atomic E-state index is 10.4. The Morgan fingerprint density at radius 2 is 2.10 bits per heavy atom. The van der Waals surface area contributed by atoms with Gasteiger partial charge in [0.2, 0.25) is 0 Å². The number of ether oxygens (including phenoxy) is 2. The lowest BCUT2D eigenvalue weighted by atomic mass is 10.1. The number of hydrogen-bond acceptors (Lipinski definition) is 5. The van der Waals surface area contributed by atoms with Crippen molar-refractivity contribution in [2.24, 2.45) is 0 Å². The third-order valence-corrected chi connectivity index (χ3v) is 3.31. The number of carboxylic acids is 1. The first kappa shape index (κ1) is 14.8. The first-order valence-electron chi connectivity index (χ1n) is 6.46. The molecule has 0 radical (unpaired) electrons. The van der Waals surface area contributed by atoms with E-state index < -0.39 is 12.1 Å². The Labute approximate surface area is 117 Å². The van der Waals surface area contributed by atoms with Gasteiger partial charge < -0.3 is 19.7 Å². The van der Waals surface area contributed by atoms with E-state index in [1.54, 1.807) is 12.1 Å². The normalized spacial score (nSPS) is 22.1. The standard InChI is InChI=1S/C14H19NO5/c1-15(12-7-19-8-13(12)16)6-10-2-4-11(5-3-10)20-9-14(17)18/h2-5,12-13,16H,6-9H2,1H3,(H,17,18)/t12-,13-/m0/s1. The summed E-state index contributed by atoms with van der Waals surface area (Å²) < 4.78 is 10.3. The van der Waals surface area contributed by atoms with Crippen molar-refractivity contribution in [3.63, 3.8) is 0 Å². The Bertz CT molecular complexity index is 447. The molecule has 0 aliphatic carbocycles. The molecule has 1 aromatic carbocycles. The summed E-state index contributed by atoms with van der Waals surface area (Å²) in [6.45, 7) is 1.27. The Hall–Kier alpha value is -1.63. The molecule has 2 N–H and O–H groups in total. The Morgan fingerprint density at radius 1 is 1.40 bits per heavy atom. The third-order valence-electron chi connectivity index (χ3n) is 3.31. The molecule has 6 nitrogen and oxygen atoms in total. The largest absolute Gasteiger partial charge is 0.482 e. The first-order chi connectivity index (χ1) is 9.56. The molecule has 0 unspecified atom stereocenters. The summed E-state index contributed by atoms with van der Waals surface area (Å²) in [5.41, 5.74) is 1.06. The van der Waals surface area contributed by atoms with Crippen LogP contribution in [0.2, 0.25) is 0 Å². The van der Waals surface area contributed by atoms with Crippen LogP contribution >= 0.6 is 0 Å². The van der Waals surface area contributed by atoms with Crippen molar-refractivity contribution in [2.75, 3.05) is 26.9 Å². The van der Waals surface area contributed by atoms with E-state index in [1.807, 2.05) is 24.1 Å². The molecular formula is C14H19NO5. The summed E-state index contributed by atoms with van der Waals surface area (Å²) in [5.74, 6) is -0.466. The van der Waals surface area contributed by atoms with E-state index in [0.29, 0.717) is 25.5 Å². The van der Waals surface area contributed by atoms with Crippen LogP contribution < -0.4 is 4.74 Å². The quantitative estimate of drug-likeness (QED) is 0.783. The van der Waals surface area contributed by atoms with Crippen molar-refractivity contribution in [3.05, 3.63) is 29.8 Å². The van der Waals surface area contributed by atoms with Gasteiger partial charge in [-0.05, 0) is 24.7 Å². The number of nitrogens with zero attached hydrogens (tertiary/aromatic N) is 1. The molecule has 0 saturated carbocycles. The summed E-state index contributed by atoms with van der Waals surface area (Å²) in [5, 5.41) is 18.3.